The van der Waals surface area contributed by atoms with Crippen molar-refractivity contribution in [1.82, 2.24) is 20.0 Å². The summed E-state index contributed by atoms with van der Waals surface area (Å²) in [5.41, 5.74) is 1.56. The number of fused-ring (bicyclic) bond motifs is 1. The molecule has 2 aliphatic heterocycles. The minimum atomic E-state index is -0.440. The zero-order valence-electron chi connectivity index (χ0n) is 15.8. The summed E-state index contributed by atoms with van der Waals surface area (Å²) < 4.78 is 21.1. The van der Waals surface area contributed by atoms with Crippen LogP contribution in [0.15, 0.2) is 24.4 Å². The minimum absolute atomic E-state index is 0.106. The molecule has 29 heavy (non-hydrogen) atoms. The summed E-state index contributed by atoms with van der Waals surface area (Å²) in [4.78, 5) is 26.3. The van der Waals surface area contributed by atoms with Crippen molar-refractivity contribution in [3.63, 3.8) is 0 Å². The van der Waals surface area contributed by atoms with Crippen LogP contribution in [-0.2, 0) is 18.2 Å². The van der Waals surface area contributed by atoms with Gasteiger partial charge in [-0.15, -0.1) is 0 Å². The number of ether oxygens (including phenoxy) is 1. The second kappa shape index (κ2) is 6.45. The van der Waals surface area contributed by atoms with Gasteiger partial charge in [0.05, 0.1) is 29.5 Å². The lowest BCUT2D eigenvalue weighted by Crippen LogP contribution is -2.51. The first kappa shape index (κ1) is 18.4. The van der Waals surface area contributed by atoms with Crippen LogP contribution < -0.4 is 5.32 Å². The molecule has 1 unspecified atom stereocenters. The smallest absolute Gasteiger partial charge is 0.407 e. The average molecular weight is 419 g/mol. The fourth-order valence-corrected chi connectivity index (χ4v) is 5.12. The van der Waals surface area contributed by atoms with Crippen LogP contribution in [0, 0.1) is 11.7 Å². The number of carbonyl (C=O) groups is 2. The van der Waals surface area contributed by atoms with E-state index >= 15 is 0 Å². The third kappa shape index (κ3) is 2.97. The molecular formula is C20H20ClFN4O3. The Morgan fingerprint density at radius 1 is 1.38 bits per heavy atom. The van der Waals surface area contributed by atoms with Crippen molar-refractivity contribution in [3.05, 3.63) is 52.1 Å². The van der Waals surface area contributed by atoms with Gasteiger partial charge in [0.1, 0.15) is 11.4 Å². The number of alkyl carbamates (subject to hydrolysis) is 1. The van der Waals surface area contributed by atoms with Gasteiger partial charge in [0.2, 0.25) is 0 Å². The van der Waals surface area contributed by atoms with Crippen LogP contribution in [0.2, 0.25) is 5.02 Å². The molecule has 1 aliphatic carbocycles. The van der Waals surface area contributed by atoms with Crippen molar-refractivity contribution in [2.24, 2.45) is 13.0 Å². The number of nitrogens with zero attached hydrogens (tertiary/aromatic N) is 3. The molecule has 3 aliphatic rings. The second-order valence-corrected chi connectivity index (χ2v) is 8.58. The molecule has 3 heterocycles. The van der Waals surface area contributed by atoms with Gasteiger partial charge in [0, 0.05) is 25.6 Å². The van der Waals surface area contributed by atoms with Gasteiger partial charge in [-0.1, -0.05) is 11.6 Å². The molecule has 1 spiro atoms. The Morgan fingerprint density at radius 3 is 2.83 bits per heavy atom. The summed E-state index contributed by atoms with van der Waals surface area (Å²) in [7, 11) is 1.80. The Morgan fingerprint density at radius 2 is 2.17 bits per heavy atom. The Hall–Kier alpha value is -2.61. The number of aryl methyl sites for hydroxylation is 1. The molecule has 2 fully saturated rings. The second-order valence-electron chi connectivity index (χ2n) is 8.17. The Labute approximate surface area is 171 Å². The zero-order valence-corrected chi connectivity index (χ0v) is 16.6. The van der Waals surface area contributed by atoms with Crippen LogP contribution in [0.5, 0.6) is 0 Å². The van der Waals surface area contributed by atoms with Gasteiger partial charge in [-0.3, -0.25) is 9.48 Å². The molecule has 0 radical (unpaired) electrons. The van der Waals surface area contributed by atoms with E-state index in [0.717, 1.165) is 5.69 Å². The number of benzene rings is 1. The molecule has 1 N–H and O–H groups in total. The van der Waals surface area contributed by atoms with E-state index in [4.69, 9.17) is 16.3 Å². The normalized spacial score (nSPS) is 27.8. The first-order valence-electron chi connectivity index (χ1n) is 9.59. The topological polar surface area (TPSA) is 76.5 Å². The van der Waals surface area contributed by atoms with E-state index in [9.17, 15) is 14.0 Å². The van der Waals surface area contributed by atoms with Crippen LogP contribution >= 0.6 is 11.6 Å². The third-order valence-electron chi connectivity index (χ3n) is 6.28. The molecule has 0 bridgehead atoms. The number of aromatic nitrogens is 2. The third-order valence-corrected chi connectivity index (χ3v) is 6.59. The molecule has 1 saturated heterocycles. The predicted molar refractivity (Wildman–Crippen MR) is 102 cm³/mol. The fourth-order valence-electron chi connectivity index (χ4n) is 4.88. The highest BCUT2D eigenvalue weighted by Gasteiger charge is 2.52. The maximum Gasteiger partial charge on any atom is 0.407 e. The lowest BCUT2D eigenvalue weighted by molar-refractivity contribution is -0.0555. The summed E-state index contributed by atoms with van der Waals surface area (Å²) in [5.74, 6) is -0.257. The van der Waals surface area contributed by atoms with Gasteiger partial charge in [0.15, 0.2) is 0 Å². The highest BCUT2D eigenvalue weighted by molar-refractivity contribution is 6.31. The number of carbonyl (C=O) groups excluding carboxylic acids is 2. The summed E-state index contributed by atoms with van der Waals surface area (Å²) in [6.45, 7) is 1.03. The van der Waals surface area contributed by atoms with Crippen molar-refractivity contribution >= 4 is 23.6 Å². The van der Waals surface area contributed by atoms with Crippen molar-refractivity contribution in [3.8, 4) is 0 Å². The fraction of sp³-hybridized carbons (Fsp3) is 0.450. The van der Waals surface area contributed by atoms with E-state index in [-0.39, 0.29) is 29.8 Å². The van der Waals surface area contributed by atoms with Crippen LogP contribution in [0.25, 0.3) is 0 Å². The number of hydrogen-bond donors (Lipinski definition) is 1. The number of amides is 2. The molecule has 7 nitrogen and oxygen atoms in total. The first-order valence-corrected chi connectivity index (χ1v) is 9.97. The van der Waals surface area contributed by atoms with Crippen molar-refractivity contribution in [2.75, 3.05) is 13.1 Å². The van der Waals surface area contributed by atoms with Gasteiger partial charge >= 0.3 is 6.09 Å². The van der Waals surface area contributed by atoms with Crippen molar-refractivity contribution in [1.29, 1.82) is 0 Å². The summed E-state index contributed by atoms with van der Waals surface area (Å²) >= 11 is 6.29. The van der Waals surface area contributed by atoms with Crippen LogP contribution in [0.1, 0.15) is 40.5 Å². The summed E-state index contributed by atoms with van der Waals surface area (Å²) in [6.07, 6.45) is 3.05. The molecule has 1 aromatic heterocycles. The quantitative estimate of drug-likeness (QED) is 0.828. The monoisotopic (exact) mass is 418 g/mol. The lowest BCUT2D eigenvalue weighted by Gasteiger charge is -2.44. The molecule has 1 saturated carbocycles. The highest BCUT2D eigenvalue weighted by atomic mass is 35.5. The zero-order chi connectivity index (χ0) is 20.3. The van der Waals surface area contributed by atoms with Crippen molar-refractivity contribution < 1.29 is 18.7 Å². The Balaban J connectivity index is 1.40. The number of nitrogens with one attached hydrogen (secondary N) is 1. The number of halogens is 2. The molecule has 5 rings (SSSR count). The highest BCUT2D eigenvalue weighted by Crippen LogP contribution is 2.46. The lowest BCUT2D eigenvalue weighted by atomic mass is 9.70. The first-order chi connectivity index (χ1) is 13.8. The maximum atomic E-state index is 14.0. The summed E-state index contributed by atoms with van der Waals surface area (Å²) in [6, 6.07) is 3.99. The van der Waals surface area contributed by atoms with Gasteiger partial charge < -0.3 is 15.0 Å². The van der Waals surface area contributed by atoms with Gasteiger partial charge in [-0.25, -0.2) is 9.18 Å². The Bertz CT molecular complexity index is 998. The standard InChI is InChI=1S/C20H20ClFN4O3/c1-25-17(15(21)8-24-25)5-16-14-4-12(22)2-3-13(14)18(27)26(16)9-11-6-20(7-11)10-23-19(28)29-20/h2-4,8,11,16H,5-7,9-10H2,1H3,(H,23,28). The molecule has 9 heteroatoms. The van der Waals surface area contributed by atoms with E-state index in [2.05, 4.69) is 10.4 Å². The molecular weight excluding hydrogens is 399 g/mol. The van der Waals surface area contributed by atoms with Gasteiger partial charge in [-0.05, 0) is 42.5 Å². The molecule has 1 atom stereocenters. The van der Waals surface area contributed by atoms with E-state index in [1.807, 2.05) is 0 Å². The number of rotatable bonds is 4. The Kier molecular flexibility index (Phi) is 4.10. The van der Waals surface area contributed by atoms with E-state index in [1.165, 1.54) is 12.1 Å². The molecule has 1 aromatic carbocycles. The van der Waals surface area contributed by atoms with Crippen LogP contribution in [-0.4, -0.2) is 45.4 Å². The molecule has 2 aromatic rings. The molecule has 152 valence electrons. The SMILES string of the molecule is Cn1ncc(Cl)c1CC1c2cc(F)ccc2C(=O)N1CC1CC2(CNC(=O)O2)C1. The van der Waals surface area contributed by atoms with Gasteiger partial charge in [-0.2, -0.15) is 5.10 Å². The van der Waals surface area contributed by atoms with E-state index in [1.54, 1.807) is 28.9 Å². The largest absolute Gasteiger partial charge is 0.441 e. The molecule has 2 amide bonds. The predicted octanol–water partition coefficient (Wildman–Crippen LogP) is 2.84. The maximum absolute atomic E-state index is 14.0. The number of hydrogen-bond acceptors (Lipinski definition) is 4. The van der Waals surface area contributed by atoms with Crippen LogP contribution in [0.3, 0.4) is 0 Å². The van der Waals surface area contributed by atoms with Gasteiger partial charge in [0.25, 0.3) is 5.91 Å². The summed E-state index contributed by atoms with van der Waals surface area (Å²) in [5, 5.41) is 7.39. The average Bonchev–Trinajstić information content (AvgIpc) is 3.27. The van der Waals surface area contributed by atoms with E-state index in [0.29, 0.717) is 48.5 Å². The van der Waals surface area contributed by atoms with Crippen LogP contribution in [0.4, 0.5) is 9.18 Å². The minimum Gasteiger partial charge on any atom is -0.441 e. The van der Waals surface area contributed by atoms with Crippen molar-refractivity contribution in [2.45, 2.75) is 30.9 Å². The van der Waals surface area contributed by atoms with E-state index < -0.39 is 5.60 Å².